The number of nitrogens with two attached hydrogens (primary N) is 1. The van der Waals surface area contributed by atoms with Crippen molar-refractivity contribution in [3.63, 3.8) is 0 Å². The largest absolute Gasteiger partial charge is 0.352 e. The quantitative estimate of drug-likeness (QED) is 0.878. The molecule has 0 aliphatic heterocycles. The Balaban J connectivity index is 2.16. The molecule has 3 N–H and O–H groups in total. The number of benzene rings is 1. The predicted octanol–water partition coefficient (Wildman–Crippen LogP) is 2.26. The zero-order valence-corrected chi connectivity index (χ0v) is 12.4. The van der Waals surface area contributed by atoms with E-state index >= 15 is 0 Å². The molecule has 0 aliphatic rings. The Morgan fingerprint density at radius 3 is 2.70 bits per heavy atom. The highest BCUT2D eigenvalue weighted by Gasteiger charge is 2.12. The summed E-state index contributed by atoms with van der Waals surface area (Å²) in [5.74, 6) is 0.478. The number of carbonyl (C=O) groups excluding carboxylic acids is 1. The van der Waals surface area contributed by atoms with Crippen molar-refractivity contribution >= 4 is 16.8 Å². The maximum Gasteiger partial charge on any atom is 0.240 e. The minimum atomic E-state index is 0.0434. The summed E-state index contributed by atoms with van der Waals surface area (Å²) < 4.78 is 1.97. The molecule has 0 spiro atoms. The number of amides is 1. The molecule has 4 nitrogen and oxygen atoms in total. The second-order valence-corrected chi connectivity index (χ2v) is 5.60. The molecule has 2 aromatic rings. The van der Waals surface area contributed by atoms with Crippen LogP contribution in [0, 0.1) is 5.92 Å². The number of hydrogen-bond acceptors (Lipinski definition) is 2. The SMILES string of the molecule is CC(C)C(C)NC(=O)Cn1ccc2c(CN)cccc21. The van der Waals surface area contributed by atoms with E-state index in [9.17, 15) is 4.79 Å². The first-order chi connectivity index (χ1) is 9.52. The van der Waals surface area contributed by atoms with Crippen LogP contribution in [0.4, 0.5) is 0 Å². The second-order valence-electron chi connectivity index (χ2n) is 5.60. The summed E-state index contributed by atoms with van der Waals surface area (Å²) in [5.41, 5.74) is 7.90. The molecule has 0 saturated heterocycles. The van der Waals surface area contributed by atoms with Crippen molar-refractivity contribution < 1.29 is 4.79 Å². The van der Waals surface area contributed by atoms with Crippen molar-refractivity contribution in [2.75, 3.05) is 0 Å². The third-order valence-corrected chi connectivity index (χ3v) is 3.83. The van der Waals surface area contributed by atoms with Gasteiger partial charge in [0.25, 0.3) is 0 Å². The normalized spacial score (nSPS) is 12.8. The van der Waals surface area contributed by atoms with Gasteiger partial charge in [0.2, 0.25) is 5.91 Å². The van der Waals surface area contributed by atoms with Crippen molar-refractivity contribution in [1.29, 1.82) is 0 Å². The van der Waals surface area contributed by atoms with E-state index in [0.717, 1.165) is 16.5 Å². The number of carbonyl (C=O) groups is 1. The summed E-state index contributed by atoms with van der Waals surface area (Å²) in [6.07, 6.45) is 1.95. The van der Waals surface area contributed by atoms with Gasteiger partial charge in [-0.05, 0) is 30.5 Å². The van der Waals surface area contributed by atoms with E-state index in [2.05, 4.69) is 19.2 Å². The van der Waals surface area contributed by atoms with Crippen LogP contribution in [0.15, 0.2) is 30.5 Å². The van der Waals surface area contributed by atoms with E-state index in [-0.39, 0.29) is 11.9 Å². The number of aromatic nitrogens is 1. The van der Waals surface area contributed by atoms with Gasteiger partial charge in [-0.3, -0.25) is 4.79 Å². The molecule has 1 aromatic heterocycles. The summed E-state index contributed by atoms with van der Waals surface area (Å²) in [6, 6.07) is 8.23. The lowest BCUT2D eigenvalue weighted by Gasteiger charge is -2.17. The second kappa shape index (κ2) is 6.09. The molecule has 1 aromatic carbocycles. The lowest BCUT2D eigenvalue weighted by Crippen LogP contribution is -2.38. The number of fused-ring (bicyclic) bond motifs is 1. The average molecular weight is 273 g/mol. The fourth-order valence-electron chi connectivity index (χ4n) is 2.22. The summed E-state index contributed by atoms with van der Waals surface area (Å²) >= 11 is 0. The number of hydrogen-bond donors (Lipinski definition) is 2. The maximum atomic E-state index is 12.1. The van der Waals surface area contributed by atoms with E-state index < -0.39 is 0 Å². The third kappa shape index (κ3) is 3.02. The molecule has 108 valence electrons. The van der Waals surface area contributed by atoms with Crippen LogP contribution in [0.2, 0.25) is 0 Å². The minimum absolute atomic E-state index is 0.0434. The van der Waals surface area contributed by atoms with Gasteiger partial charge < -0.3 is 15.6 Å². The first-order valence-corrected chi connectivity index (χ1v) is 7.09. The third-order valence-electron chi connectivity index (χ3n) is 3.83. The summed E-state index contributed by atoms with van der Waals surface area (Å²) in [4.78, 5) is 12.1. The van der Waals surface area contributed by atoms with Crippen LogP contribution in [0.3, 0.4) is 0 Å². The highest BCUT2D eigenvalue weighted by Crippen LogP contribution is 2.19. The Morgan fingerprint density at radius 1 is 1.30 bits per heavy atom. The zero-order valence-electron chi connectivity index (χ0n) is 12.4. The molecule has 0 fully saturated rings. The molecule has 0 aliphatic carbocycles. The predicted molar refractivity (Wildman–Crippen MR) is 82.3 cm³/mol. The molecule has 1 amide bonds. The van der Waals surface area contributed by atoms with E-state index in [4.69, 9.17) is 5.73 Å². The van der Waals surface area contributed by atoms with E-state index in [1.165, 1.54) is 0 Å². The van der Waals surface area contributed by atoms with Gasteiger partial charge in [-0.1, -0.05) is 26.0 Å². The molecule has 1 heterocycles. The molecule has 4 heteroatoms. The summed E-state index contributed by atoms with van der Waals surface area (Å²) in [5, 5.41) is 4.15. The van der Waals surface area contributed by atoms with E-state index in [1.807, 2.05) is 42.0 Å². The van der Waals surface area contributed by atoms with E-state index in [1.54, 1.807) is 0 Å². The number of nitrogens with zero attached hydrogens (tertiary/aromatic N) is 1. The van der Waals surface area contributed by atoms with E-state index in [0.29, 0.717) is 19.0 Å². The minimum Gasteiger partial charge on any atom is -0.352 e. The molecular formula is C16H23N3O. The average Bonchev–Trinajstić information content (AvgIpc) is 2.81. The van der Waals surface area contributed by atoms with Crippen molar-refractivity contribution in [1.82, 2.24) is 9.88 Å². The molecular weight excluding hydrogens is 250 g/mol. The molecule has 0 radical (unpaired) electrons. The first kappa shape index (κ1) is 14.6. The van der Waals surface area contributed by atoms with Gasteiger partial charge in [-0.25, -0.2) is 0 Å². The van der Waals surface area contributed by atoms with Gasteiger partial charge in [-0.15, -0.1) is 0 Å². The molecule has 20 heavy (non-hydrogen) atoms. The van der Waals surface area contributed by atoms with Crippen LogP contribution in [-0.4, -0.2) is 16.5 Å². The fourth-order valence-corrected chi connectivity index (χ4v) is 2.22. The van der Waals surface area contributed by atoms with Gasteiger partial charge in [-0.2, -0.15) is 0 Å². The molecule has 2 rings (SSSR count). The van der Waals surface area contributed by atoms with Crippen molar-refractivity contribution in [3.8, 4) is 0 Å². The van der Waals surface area contributed by atoms with Crippen LogP contribution in [0.5, 0.6) is 0 Å². The monoisotopic (exact) mass is 273 g/mol. The molecule has 0 saturated carbocycles. The lowest BCUT2D eigenvalue weighted by molar-refractivity contribution is -0.122. The van der Waals surface area contributed by atoms with Crippen LogP contribution >= 0.6 is 0 Å². The van der Waals surface area contributed by atoms with Crippen LogP contribution in [0.25, 0.3) is 10.9 Å². The number of nitrogens with one attached hydrogen (secondary N) is 1. The summed E-state index contributed by atoms with van der Waals surface area (Å²) in [7, 11) is 0. The Hall–Kier alpha value is -1.81. The molecule has 1 atom stereocenters. The van der Waals surface area contributed by atoms with Gasteiger partial charge in [0, 0.05) is 29.7 Å². The smallest absolute Gasteiger partial charge is 0.240 e. The van der Waals surface area contributed by atoms with Crippen LogP contribution < -0.4 is 11.1 Å². The van der Waals surface area contributed by atoms with Gasteiger partial charge in [0.15, 0.2) is 0 Å². The highest BCUT2D eigenvalue weighted by atomic mass is 16.2. The van der Waals surface area contributed by atoms with Crippen LogP contribution in [0.1, 0.15) is 26.3 Å². The van der Waals surface area contributed by atoms with Gasteiger partial charge in [0.05, 0.1) is 0 Å². The Labute approximate surface area is 120 Å². The van der Waals surface area contributed by atoms with Crippen molar-refractivity contribution in [3.05, 3.63) is 36.0 Å². The van der Waals surface area contributed by atoms with Crippen LogP contribution in [-0.2, 0) is 17.9 Å². The topological polar surface area (TPSA) is 60.0 Å². The lowest BCUT2D eigenvalue weighted by atomic mass is 10.1. The van der Waals surface area contributed by atoms with Gasteiger partial charge in [0.1, 0.15) is 6.54 Å². The zero-order chi connectivity index (χ0) is 14.7. The maximum absolute atomic E-state index is 12.1. The molecule has 1 unspecified atom stereocenters. The highest BCUT2D eigenvalue weighted by molar-refractivity contribution is 5.85. The van der Waals surface area contributed by atoms with Gasteiger partial charge >= 0.3 is 0 Å². The Morgan fingerprint density at radius 2 is 2.05 bits per heavy atom. The Bertz CT molecular complexity index is 601. The fraction of sp³-hybridized carbons (Fsp3) is 0.438. The van der Waals surface area contributed by atoms with Crippen molar-refractivity contribution in [2.45, 2.75) is 39.9 Å². The summed E-state index contributed by atoms with van der Waals surface area (Å²) in [6.45, 7) is 7.09. The first-order valence-electron chi connectivity index (χ1n) is 7.09. The Kier molecular flexibility index (Phi) is 4.45. The van der Waals surface area contributed by atoms with Crippen molar-refractivity contribution in [2.24, 2.45) is 11.7 Å². The standard InChI is InChI=1S/C16H23N3O/c1-11(2)12(3)18-16(20)10-19-8-7-14-13(9-17)5-4-6-15(14)19/h4-8,11-12H,9-10,17H2,1-3H3,(H,18,20). The number of rotatable bonds is 5. The molecule has 0 bridgehead atoms.